The van der Waals surface area contributed by atoms with Crippen LogP contribution in [0.25, 0.3) is 10.8 Å². The van der Waals surface area contributed by atoms with Crippen LogP contribution in [-0.2, 0) is 9.84 Å². The third kappa shape index (κ3) is 6.01. The number of unbranched alkanes of at least 4 members (excludes halogenated alkanes) is 1. The van der Waals surface area contributed by atoms with Crippen LogP contribution in [0.2, 0.25) is 0 Å². The molecule has 36 heavy (non-hydrogen) atoms. The van der Waals surface area contributed by atoms with Gasteiger partial charge in [-0.25, -0.2) is 8.42 Å². The highest BCUT2D eigenvalue weighted by molar-refractivity contribution is 7.91. The zero-order chi connectivity index (χ0) is 25.5. The number of azo groups is 2. The summed E-state index contributed by atoms with van der Waals surface area (Å²) in [6, 6.07) is 26.0. The molecule has 0 atom stereocenters. The fourth-order valence-corrected chi connectivity index (χ4v) is 5.11. The Hall–Kier alpha value is -3.91. The van der Waals surface area contributed by atoms with Gasteiger partial charge in [-0.3, -0.25) is 0 Å². The molecule has 0 saturated heterocycles. The number of sulfone groups is 1. The summed E-state index contributed by atoms with van der Waals surface area (Å²) in [5.74, 6) is 0.154. The molecule has 0 radical (unpaired) electrons. The minimum Gasteiger partial charge on any atom is -0.378 e. The smallest absolute Gasteiger partial charge is 0.178 e. The average molecular weight is 500 g/mol. The summed E-state index contributed by atoms with van der Waals surface area (Å²) in [6.45, 7) is 1.97. The number of fused-ring (bicyclic) bond motifs is 1. The van der Waals surface area contributed by atoms with Crippen LogP contribution >= 0.6 is 0 Å². The highest BCUT2D eigenvalue weighted by Gasteiger charge is 2.13. The van der Waals surface area contributed by atoms with E-state index in [2.05, 4.69) is 20.5 Å². The van der Waals surface area contributed by atoms with Gasteiger partial charge in [0.25, 0.3) is 0 Å². The van der Waals surface area contributed by atoms with Crippen molar-refractivity contribution in [1.82, 2.24) is 0 Å². The molecule has 4 aromatic rings. The Morgan fingerprint density at radius 3 is 1.64 bits per heavy atom. The van der Waals surface area contributed by atoms with Crippen molar-refractivity contribution in [3.05, 3.63) is 84.9 Å². The van der Waals surface area contributed by atoms with Crippen LogP contribution in [-0.4, -0.2) is 28.3 Å². The van der Waals surface area contributed by atoms with E-state index in [-0.39, 0.29) is 5.75 Å². The van der Waals surface area contributed by atoms with E-state index in [9.17, 15) is 8.42 Å². The first-order valence-corrected chi connectivity index (χ1v) is 13.5. The fraction of sp³-hybridized carbons (Fsp3) is 0.214. The Balaban J connectivity index is 1.56. The minimum atomic E-state index is -3.27. The van der Waals surface area contributed by atoms with Crippen LogP contribution in [0.15, 0.2) is 110 Å². The van der Waals surface area contributed by atoms with Gasteiger partial charge in [-0.2, -0.15) is 10.2 Å². The second-order valence-corrected chi connectivity index (χ2v) is 10.7. The molecule has 0 amide bonds. The third-order valence-corrected chi connectivity index (χ3v) is 7.57. The van der Waals surface area contributed by atoms with Gasteiger partial charge in [0.1, 0.15) is 0 Å². The zero-order valence-corrected chi connectivity index (χ0v) is 21.5. The lowest BCUT2D eigenvalue weighted by Gasteiger charge is -2.11. The molecule has 0 fully saturated rings. The Morgan fingerprint density at radius 1 is 0.667 bits per heavy atom. The zero-order valence-electron chi connectivity index (χ0n) is 20.7. The van der Waals surface area contributed by atoms with Crippen molar-refractivity contribution < 1.29 is 8.42 Å². The van der Waals surface area contributed by atoms with Crippen molar-refractivity contribution >= 4 is 49.0 Å². The maximum absolute atomic E-state index is 12.4. The molecule has 184 valence electrons. The van der Waals surface area contributed by atoms with Crippen molar-refractivity contribution in [2.75, 3.05) is 24.7 Å². The normalized spacial score (nSPS) is 12.1. The van der Waals surface area contributed by atoms with Crippen LogP contribution in [0.4, 0.5) is 28.4 Å². The number of anilines is 1. The number of hydrogen-bond donors (Lipinski definition) is 0. The molecule has 0 aliphatic heterocycles. The first-order valence-electron chi connectivity index (χ1n) is 11.8. The van der Waals surface area contributed by atoms with Crippen LogP contribution in [0.1, 0.15) is 19.8 Å². The molecule has 0 spiro atoms. The lowest BCUT2D eigenvalue weighted by Crippen LogP contribution is -2.07. The Bertz CT molecular complexity index is 1490. The van der Waals surface area contributed by atoms with Crippen molar-refractivity contribution in [3.63, 3.8) is 0 Å². The maximum Gasteiger partial charge on any atom is 0.178 e. The van der Waals surface area contributed by atoms with Crippen molar-refractivity contribution in [2.45, 2.75) is 24.7 Å². The molecule has 4 aromatic carbocycles. The number of hydrogen-bond acceptors (Lipinski definition) is 7. The standard InChI is InChI=1S/C28H29N5O2S/c1-4-5-20-36(34,35)24-16-12-22(13-17-24)30-32-28-19-18-27(25-8-6-7-9-26(25)28)31-29-21-10-14-23(15-11-21)33(2)3/h6-19H,4-5,20H2,1-3H3. The second-order valence-electron chi connectivity index (χ2n) is 8.63. The monoisotopic (exact) mass is 499 g/mol. The van der Waals surface area contributed by atoms with Gasteiger partial charge in [-0.05, 0) is 67.1 Å². The molecule has 0 unspecified atom stereocenters. The summed E-state index contributed by atoms with van der Waals surface area (Å²) in [7, 11) is 0.726. The Labute approximate surface area is 212 Å². The molecular weight excluding hydrogens is 470 g/mol. The Kier molecular flexibility index (Phi) is 7.85. The average Bonchev–Trinajstić information content (AvgIpc) is 2.90. The lowest BCUT2D eigenvalue weighted by atomic mass is 10.1. The third-order valence-electron chi connectivity index (χ3n) is 5.75. The molecule has 8 heteroatoms. The van der Waals surface area contributed by atoms with Crippen LogP contribution < -0.4 is 4.90 Å². The molecule has 0 aliphatic rings. The van der Waals surface area contributed by atoms with Gasteiger partial charge in [0.2, 0.25) is 0 Å². The van der Waals surface area contributed by atoms with Crippen molar-refractivity contribution in [2.24, 2.45) is 20.5 Å². The van der Waals surface area contributed by atoms with E-state index in [1.807, 2.05) is 86.6 Å². The van der Waals surface area contributed by atoms with E-state index in [1.54, 1.807) is 24.3 Å². The van der Waals surface area contributed by atoms with Crippen LogP contribution in [0.3, 0.4) is 0 Å². The quantitative estimate of drug-likeness (QED) is 0.217. The summed E-state index contributed by atoms with van der Waals surface area (Å²) < 4.78 is 24.7. The van der Waals surface area contributed by atoms with Gasteiger partial charge >= 0.3 is 0 Å². The van der Waals surface area contributed by atoms with E-state index in [0.717, 1.165) is 34.3 Å². The highest BCUT2D eigenvalue weighted by atomic mass is 32.2. The van der Waals surface area contributed by atoms with Gasteiger partial charge < -0.3 is 4.90 Å². The molecule has 0 aromatic heterocycles. The first-order chi connectivity index (χ1) is 17.4. The highest BCUT2D eigenvalue weighted by Crippen LogP contribution is 2.35. The van der Waals surface area contributed by atoms with E-state index >= 15 is 0 Å². The second kappa shape index (κ2) is 11.2. The molecule has 4 rings (SSSR count). The van der Waals surface area contributed by atoms with Crippen molar-refractivity contribution in [3.8, 4) is 0 Å². The molecule has 7 nitrogen and oxygen atoms in total. The maximum atomic E-state index is 12.4. The predicted octanol–water partition coefficient (Wildman–Crippen LogP) is 8.31. The summed E-state index contributed by atoms with van der Waals surface area (Å²) in [6.07, 6.45) is 1.48. The Morgan fingerprint density at radius 2 is 1.17 bits per heavy atom. The summed E-state index contributed by atoms with van der Waals surface area (Å²) in [5, 5.41) is 19.5. The fourth-order valence-electron chi connectivity index (χ4n) is 3.65. The lowest BCUT2D eigenvalue weighted by molar-refractivity contribution is 0.592. The van der Waals surface area contributed by atoms with Gasteiger partial charge in [0.05, 0.1) is 33.4 Å². The molecule has 0 bridgehead atoms. The SMILES string of the molecule is CCCCS(=O)(=O)c1ccc(N=Nc2ccc(N=Nc3ccc(N(C)C)cc3)c3ccccc23)cc1. The summed E-state index contributed by atoms with van der Waals surface area (Å²) in [5.41, 5.74) is 3.89. The molecule has 0 heterocycles. The van der Waals surface area contributed by atoms with Crippen molar-refractivity contribution in [1.29, 1.82) is 0 Å². The van der Waals surface area contributed by atoms with E-state index in [0.29, 0.717) is 22.7 Å². The van der Waals surface area contributed by atoms with Gasteiger partial charge in [0, 0.05) is 30.6 Å². The minimum absolute atomic E-state index is 0.154. The largest absolute Gasteiger partial charge is 0.378 e. The molecule has 0 aliphatic carbocycles. The summed E-state index contributed by atoms with van der Waals surface area (Å²) >= 11 is 0. The molecule has 0 saturated carbocycles. The number of nitrogens with zero attached hydrogens (tertiary/aromatic N) is 5. The predicted molar refractivity (Wildman–Crippen MR) is 146 cm³/mol. The van der Waals surface area contributed by atoms with Gasteiger partial charge in [-0.15, -0.1) is 10.2 Å². The van der Waals surface area contributed by atoms with E-state index in [4.69, 9.17) is 0 Å². The van der Waals surface area contributed by atoms with E-state index in [1.165, 1.54) is 0 Å². The number of benzene rings is 4. The molecular formula is C28H29N5O2S. The number of rotatable bonds is 9. The first kappa shape index (κ1) is 25.2. The van der Waals surface area contributed by atoms with E-state index < -0.39 is 9.84 Å². The van der Waals surface area contributed by atoms with Crippen LogP contribution in [0.5, 0.6) is 0 Å². The molecule has 0 N–H and O–H groups in total. The topological polar surface area (TPSA) is 86.8 Å². The van der Waals surface area contributed by atoms with Gasteiger partial charge in [0.15, 0.2) is 9.84 Å². The summed E-state index contributed by atoms with van der Waals surface area (Å²) in [4.78, 5) is 2.34. The van der Waals surface area contributed by atoms with Crippen LogP contribution in [0, 0.1) is 0 Å². The van der Waals surface area contributed by atoms with Gasteiger partial charge in [-0.1, -0.05) is 37.6 Å².